The third-order valence-corrected chi connectivity index (χ3v) is 8.41. The van der Waals surface area contributed by atoms with Crippen LogP contribution < -0.4 is 14.4 Å². The lowest BCUT2D eigenvalue weighted by Gasteiger charge is -2.33. The van der Waals surface area contributed by atoms with Crippen molar-refractivity contribution in [2.24, 2.45) is 0 Å². The summed E-state index contributed by atoms with van der Waals surface area (Å²) in [6, 6.07) is 23.6. The van der Waals surface area contributed by atoms with Gasteiger partial charge in [0.05, 0.1) is 19.1 Å². The van der Waals surface area contributed by atoms with E-state index in [2.05, 4.69) is 5.32 Å². The van der Waals surface area contributed by atoms with Crippen molar-refractivity contribution in [2.45, 2.75) is 65.1 Å². The standard InChI is InChI=1S/C33H43N3O5S/c1-6-26(3)34-33(38)31(23-27-13-8-7-9-14-27)35(24-28-15-10-12-25(2)22-28)32(37)16-11-21-36(42(5,39)40)29-17-19-30(41-4)20-18-29/h7-10,12-15,17-20,22,26,31H,6,11,16,21,23-24H2,1-5H3,(H,34,38)/t26-,31-/m0/s1. The van der Waals surface area contributed by atoms with Crippen molar-refractivity contribution in [1.29, 1.82) is 0 Å². The number of benzene rings is 3. The van der Waals surface area contributed by atoms with E-state index in [0.717, 1.165) is 29.4 Å². The van der Waals surface area contributed by atoms with Crippen molar-refractivity contribution in [1.82, 2.24) is 10.2 Å². The van der Waals surface area contributed by atoms with E-state index in [1.807, 2.05) is 75.4 Å². The Labute approximate surface area is 250 Å². The summed E-state index contributed by atoms with van der Waals surface area (Å²) < 4.78 is 31.8. The summed E-state index contributed by atoms with van der Waals surface area (Å²) in [7, 11) is -2.05. The van der Waals surface area contributed by atoms with E-state index in [1.54, 1.807) is 36.3 Å². The van der Waals surface area contributed by atoms with Gasteiger partial charge in [0.1, 0.15) is 11.8 Å². The fourth-order valence-corrected chi connectivity index (χ4v) is 5.72. The number of hydrogen-bond donors (Lipinski definition) is 1. The minimum Gasteiger partial charge on any atom is -0.497 e. The van der Waals surface area contributed by atoms with E-state index in [-0.39, 0.29) is 43.8 Å². The zero-order chi connectivity index (χ0) is 30.7. The van der Waals surface area contributed by atoms with Gasteiger partial charge in [-0.1, -0.05) is 67.1 Å². The molecule has 3 rings (SSSR count). The van der Waals surface area contributed by atoms with Gasteiger partial charge in [-0.2, -0.15) is 0 Å². The average molecular weight is 594 g/mol. The molecule has 0 aliphatic heterocycles. The number of nitrogens with one attached hydrogen (secondary N) is 1. The second-order valence-electron chi connectivity index (χ2n) is 10.7. The summed E-state index contributed by atoms with van der Waals surface area (Å²) >= 11 is 0. The number of nitrogens with zero attached hydrogens (tertiary/aromatic N) is 2. The molecule has 226 valence electrons. The lowest BCUT2D eigenvalue weighted by atomic mass is 10.0. The lowest BCUT2D eigenvalue weighted by Crippen LogP contribution is -2.52. The third-order valence-electron chi connectivity index (χ3n) is 7.22. The number of ether oxygens (including phenoxy) is 1. The minimum atomic E-state index is -3.59. The van der Waals surface area contributed by atoms with Crippen LogP contribution in [0.15, 0.2) is 78.9 Å². The summed E-state index contributed by atoms with van der Waals surface area (Å²) in [5.41, 5.74) is 3.43. The number of sulfonamides is 1. The first-order chi connectivity index (χ1) is 20.0. The number of methoxy groups -OCH3 is 1. The summed E-state index contributed by atoms with van der Waals surface area (Å²) in [6.07, 6.45) is 2.64. The van der Waals surface area contributed by atoms with Crippen LogP contribution in [0.25, 0.3) is 0 Å². The first-order valence-electron chi connectivity index (χ1n) is 14.3. The molecule has 42 heavy (non-hydrogen) atoms. The lowest BCUT2D eigenvalue weighted by molar-refractivity contribution is -0.141. The number of hydrogen-bond acceptors (Lipinski definition) is 5. The molecule has 0 bridgehead atoms. The summed E-state index contributed by atoms with van der Waals surface area (Å²) in [5.74, 6) is 0.208. The van der Waals surface area contributed by atoms with Crippen LogP contribution in [0, 0.1) is 6.92 Å². The Hall–Kier alpha value is -3.85. The van der Waals surface area contributed by atoms with Gasteiger partial charge < -0.3 is 15.0 Å². The monoisotopic (exact) mass is 593 g/mol. The average Bonchev–Trinajstić information content (AvgIpc) is 2.97. The Morgan fingerprint density at radius 1 is 0.952 bits per heavy atom. The van der Waals surface area contributed by atoms with Crippen LogP contribution in [0.2, 0.25) is 0 Å². The van der Waals surface area contributed by atoms with Gasteiger partial charge >= 0.3 is 0 Å². The van der Waals surface area contributed by atoms with Crippen LogP contribution in [0.4, 0.5) is 5.69 Å². The smallest absolute Gasteiger partial charge is 0.243 e. The number of carbonyl (C=O) groups is 2. The summed E-state index contributed by atoms with van der Waals surface area (Å²) in [5, 5.41) is 3.08. The molecule has 2 amide bonds. The molecular formula is C33H43N3O5S. The highest BCUT2D eigenvalue weighted by Crippen LogP contribution is 2.23. The Bertz CT molecular complexity index is 1410. The maximum absolute atomic E-state index is 13.9. The maximum atomic E-state index is 13.9. The van der Waals surface area contributed by atoms with Crippen LogP contribution >= 0.6 is 0 Å². The molecule has 0 unspecified atom stereocenters. The molecule has 0 radical (unpaired) electrons. The Morgan fingerprint density at radius 3 is 2.21 bits per heavy atom. The number of amides is 2. The quantitative estimate of drug-likeness (QED) is 0.264. The van der Waals surface area contributed by atoms with E-state index < -0.39 is 16.1 Å². The van der Waals surface area contributed by atoms with Crippen molar-refractivity contribution < 1.29 is 22.7 Å². The molecule has 1 N–H and O–H groups in total. The van der Waals surface area contributed by atoms with Crippen LogP contribution in [-0.2, 0) is 32.6 Å². The molecule has 3 aromatic rings. The van der Waals surface area contributed by atoms with E-state index in [4.69, 9.17) is 4.74 Å². The fraction of sp³-hybridized carbons (Fsp3) is 0.394. The van der Waals surface area contributed by atoms with Crippen molar-refractivity contribution in [2.75, 3.05) is 24.2 Å². The number of rotatable bonds is 15. The van der Waals surface area contributed by atoms with Crippen LogP contribution in [0.3, 0.4) is 0 Å². The fourth-order valence-electron chi connectivity index (χ4n) is 4.75. The van der Waals surface area contributed by atoms with Gasteiger partial charge in [-0.15, -0.1) is 0 Å². The van der Waals surface area contributed by atoms with Crippen molar-refractivity contribution >= 4 is 27.5 Å². The topological polar surface area (TPSA) is 96.0 Å². The van der Waals surface area contributed by atoms with Crippen LogP contribution in [-0.4, -0.2) is 57.1 Å². The van der Waals surface area contributed by atoms with Gasteiger partial charge in [0.15, 0.2) is 0 Å². The number of carbonyl (C=O) groups excluding carboxylic acids is 2. The molecule has 0 saturated heterocycles. The zero-order valence-electron chi connectivity index (χ0n) is 25.2. The number of anilines is 1. The third kappa shape index (κ3) is 9.62. The van der Waals surface area contributed by atoms with Crippen molar-refractivity contribution in [3.63, 3.8) is 0 Å². The summed E-state index contributed by atoms with van der Waals surface area (Å²) in [4.78, 5) is 29.3. The summed E-state index contributed by atoms with van der Waals surface area (Å²) in [6.45, 7) is 6.33. The Balaban J connectivity index is 1.88. The first-order valence-corrected chi connectivity index (χ1v) is 16.2. The molecule has 0 aromatic heterocycles. The van der Waals surface area contributed by atoms with Gasteiger partial charge in [0.25, 0.3) is 0 Å². The van der Waals surface area contributed by atoms with E-state index in [1.165, 1.54) is 4.31 Å². The zero-order valence-corrected chi connectivity index (χ0v) is 26.1. The van der Waals surface area contributed by atoms with Crippen LogP contribution in [0.5, 0.6) is 5.75 Å². The predicted molar refractivity (Wildman–Crippen MR) is 168 cm³/mol. The SMILES string of the molecule is CC[C@H](C)NC(=O)[C@H](Cc1ccccc1)N(Cc1cccc(C)c1)C(=O)CCCN(c1ccc(OC)cc1)S(C)(=O)=O. The van der Waals surface area contributed by atoms with Crippen LogP contribution in [0.1, 0.15) is 49.8 Å². The van der Waals surface area contributed by atoms with Gasteiger partial charge in [-0.25, -0.2) is 8.42 Å². The minimum absolute atomic E-state index is 0.0421. The maximum Gasteiger partial charge on any atom is 0.243 e. The highest BCUT2D eigenvalue weighted by Gasteiger charge is 2.31. The first kappa shape index (κ1) is 32.7. The Kier molecular flexibility index (Phi) is 12.0. The molecule has 0 heterocycles. The molecule has 3 aromatic carbocycles. The molecule has 0 spiro atoms. The molecule has 8 nitrogen and oxygen atoms in total. The molecule has 0 aliphatic rings. The normalized spacial score (nSPS) is 12.7. The highest BCUT2D eigenvalue weighted by atomic mass is 32.2. The molecule has 9 heteroatoms. The molecule has 0 aliphatic carbocycles. The van der Waals surface area contributed by atoms with Gasteiger partial charge in [0, 0.05) is 32.0 Å². The number of aryl methyl sites for hydroxylation is 1. The Morgan fingerprint density at radius 2 is 1.62 bits per heavy atom. The largest absolute Gasteiger partial charge is 0.497 e. The highest BCUT2D eigenvalue weighted by molar-refractivity contribution is 7.92. The molecule has 2 atom stereocenters. The van der Waals surface area contributed by atoms with Gasteiger partial charge in [0.2, 0.25) is 21.8 Å². The van der Waals surface area contributed by atoms with Crippen molar-refractivity contribution in [3.05, 3.63) is 95.6 Å². The van der Waals surface area contributed by atoms with Gasteiger partial charge in [-0.3, -0.25) is 13.9 Å². The van der Waals surface area contributed by atoms with Crippen molar-refractivity contribution in [3.8, 4) is 5.75 Å². The molecule has 0 fully saturated rings. The molecule has 0 saturated carbocycles. The van der Waals surface area contributed by atoms with E-state index >= 15 is 0 Å². The second-order valence-corrected chi connectivity index (χ2v) is 12.6. The van der Waals surface area contributed by atoms with E-state index in [9.17, 15) is 18.0 Å². The molecular weight excluding hydrogens is 550 g/mol. The van der Waals surface area contributed by atoms with E-state index in [0.29, 0.717) is 17.9 Å². The predicted octanol–water partition coefficient (Wildman–Crippen LogP) is 5.10. The second kappa shape index (κ2) is 15.4. The van der Waals surface area contributed by atoms with Gasteiger partial charge in [-0.05, 0) is 62.1 Å².